The minimum Gasteiger partial charge on any atom is -0.493 e. The molecule has 162 valence electrons. The quantitative estimate of drug-likeness (QED) is 0.639. The number of benzene rings is 2. The maximum atomic E-state index is 5.48. The van der Waals surface area contributed by atoms with Crippen molar-refractivity contribution in [2.45, 2.75) is 6.17 Å². The Morgan fingerprint density at radius 2 is 1.17 bits per heavy atom. The van der Waals surface area contributed by atoms with Crippen LogP contribution < -0.4 is 39.2 Å². The first-order valence-electron chi connectivity index (χ1n) is 9.17. The molecule has 0 amide bonds. The monoisotopic (exact) mass is 417 g/mol. The fraction of sp³-hybridized carbons (Fsp3) is 0.333. The summed E-state index contributed by atoms with van der Waals surface area (Å²) in [6.45, 7) is 0. The van der Waals surface area contributed by atoms with Gasteiger partial charge in [-0.3, -0.25) is 10.4 Å². The highest BCUT2D eigenvalue weighted by molar-refractivity contribution is 5.62. The molecule has 1 atom stereocenters. The van der Waals surface area contributed by atoms with Crippen molar-refractivity contribution in [2.24, 2.45) is 0 Å². The number of hydrazine groups is 1. The van der Waals surface area contributed by atoms with Crippen molar-refractivity contribution in [3.63, 3.8) is 0 Å². The zero-order valence-corrected chi connectivity index (χ0v) is 17.9. The third-order valence-electron chi connectivity index (χ3n) is 4.69. The van der Waals surface area contributed by atoms with Crippen LogP contribution in [0.2, 0.25) is 0 Å². The van der Waals surface area contributed by atoms with E-state index < -0.39 is 0 Å². The maximum Gasteiger partial charge on any atom is 0.203 e. The predicted molar refractivity (Wildman–Crippen MR) is 113 cm³/mol. The van der Waals surface area contributed by atoms with Gasteiger partial charge in [0, 0.05) is 30.1 Å². The summed E-state index contributed by atoms with van der Waals surface area (Å²) in [5.74, 6) is 3.34. The Morgan fingerprint density at radius 1 is 0.700 bits per heavy atom. The summed E-state index contributed by atoms with van der Waals surface area (Å²) in [5.41, 5.74) is 5.02. The van der Waals surface area contributed by atoms with Crippen molar-refractivity contribution in [3.8, 4) is 34.5 Å². The molecule has 2 N–H and O–H groups in total. The van der Waals surface area contributed by atoms with Crippen molar-refractivity contribution < 1.29 is 28.4 Å². The number of methoxy groups -OCH3 is 6. The first kappa shape index (κ1) is 21.1. The molecule has 0 fully saturated rings. The van der Waals surface area contributed by atoms with E-state index in [9.17, 15) is 0 Å². The molecule has 0 radical (unpaired) electrons. The van der Waals surface area contributed by atoms with Crippen LogP contribution in [0.1, 0.15) is 11.7 Å². The first-order valence-corrected chi connectivity index (χ1v) is 9.17. The van der Waals surface area contributed by atoms with E-state index in [-0.39, 0.29) is 6.17 Å². The number of nitrogens with one attached hydrogen (secondary N) is 2. The van der Waals surface area contributed by atoms with Gasteiger partial charge in [-0.05, 0) is 12.1 Å². The van der Waals surface area contributed by atoms with Crippen LogP contribution in [0.4, 0.5) is 5.69 Å². The summed E-state index contributed by atoms with van der Waals surface area (Å²) in [6, 6.07) is 7.46. The lowest BCUT2D eigenvalue weighted by Crippen LogP contribution is -2.31. The highest BCUT2D eigenvalue weighted by Crippen LogP contribution is 2.42. The van der Waals surface area contributed by atoms with Gasteiger partial charge >= 0.3 is 0 Å². The van der Waals surface area contributed by atoms with Crippen LogP contribution in [-0.2, 0) is 0 Å². The van der Waals surface area contributed by atoms with Gasteiger partial charge in [0.25, 0.3) is 0 Å². The summed E-state index contributed by atoms with van der Waals surface area (Å²) in [5, 5.41) is 5.21. The lowest BCUT2D eigenvalue weighted by atomic mass is 10.1. The molecule has 1 aliphatic rings. The van der Waals surface area contributed by atoms with E-state index in [4.69, 9.17) is 28.4 Å². The molecule has 0 aliphatic carbocycles. The van der Waals surface area contributed by atoms with Crippen LogP contribution in [-0.4, -0.2) is 47.7 Å². The first-order chi connectivity index (χ1) is 14.6. The minimum absolute atomic E-state index is 0.224. The Labute approximate surface area is 176 Å². The molecule has 0 spiro atoms. The lowest BCUT2D eigenvalue weighted by molar-refractivity contribution is 0.311. The molecule has 9 heteroatoms. The zero-order valence-electron chi connectivity index (χ0n) is 17.9. The average molecular weight is 417 g/mol. The van der Waals surface area contributed by atoms with E-state index in [1.165, 1.54) is 0 Å². The summed E-state index contributed by atoms with van der Waals surface area (Å²) in [4.78, 5) is 0. The second-order valence-corrected chi connectivity index (χ2v) is 6.28. The number of nitrogens with zero attached hydrogens (tertiary/aromatic N) is 1. The molecule has 3 rings (SSSR count). The van der Waals surface area contributed by atoms with Crippen LogP contribution in [0.3, 0.4) is 0 Å². The highest BCUT2D eigenvalue weighted by Gasteiger charge is 2.25. The fourth-order valence-electron chi connectivity index (χ4n) is 3.29. The Morgan fingerprint density at radius 3 is 1.60 bits per heavy atom. The maximum absolute atomic E-state index is 5.48. The molecular weight excluding hydrogens is 390 g/mol. The predicted octanol–water partition coefficient (Wildman–Crippen LogP) is 3.14. The van der Waals surface area contributed by atoms with Crippen molar-refractivity contribution >= 4 is 5.69 Å². The second-order valence-electron chi connectivity index (χ2n) is 6.28. The van der Waals surface area contributed by atoms with Gasteiger partial charge in [-0.25, -0.2) is 0 Å². The van der Waals surface area contributed by atoms with Gasteiger partial charge in [-0.1, -0.05) is 0 Å². The van der Waals surface area contributed by atoms with Gasteiger partial charge in [-0.15, -0.1) is 0 Å². The topological polar surface area (TPSA) is 82.7 Å². The summed E-state index contributed by atoms with van der Waals surface area (Å²) < 4.78 is 32.6. The van der Waals surface area contributed by atoms with E-state index >= 15 is 0 Å². The molecule has 0 saturated carbocycles. The number of hydrogen-bond acceptors (Lipinski definition) is 9. The number of rotatable bonds is 9. The Balaban J connectivity index is 1.93. The van der Waals surface area contributed by atoms with Gasteiger partial charge < -0.3 is 33.7 Å². The van der Waals surface area contributed by atoms with Gasteiger partial charge in [0.1, 0.15) is 6.17 Å². The molecule has 0 saturated heterocycles. The zero-order chi connectivity index (χ0) is 21.7. The molecule has 0 bridgehead atoms. The highest BCUT2D eigenvalue weighted by atomic mass is 16.5. The van der Waals surface area contributed by atoms with E-state index in [1.54, 1.807) is 42.7 Å². The number of ether oxygens (including phenoxy) is 6. The average Bonchev–Trinajstić information content (AvgIpc) is 3.25. The summed E-state index contributed by atoms with van der Waals surface area (Å²) in [6.07, 6.45) is 3.51. The van der Waals surface area contributed by atoms with Gasteiger partial charge in [0.2, 0.25) is 11.5 Å². The van der Waals surface area contributed by atoms with Gasteiger partial charge in [-0.2, -0.15) is 0 Å². The van der Waals surface area contributed by atoms with Crippen LogP contribution in [0, 0.1) is 0 Å². The normalized spacial score (nSPS) is 14.7. The molecule has 0 aromatic heterocycles. The number of anilines is 1. The number of hydrogen-bond donors (Lipinski definition) is 2. The summed E-state index contributed by atoms with van der Waals surface area (Å²) >= 11 is 0. The largest absolute Gasteiger partial charge is 0.493 e. The molecule has 30 heavy (non-hydrogen) atoms. The third-order valence-corrected chi connectivity index (χ3v) is 4.69. The molecule has 1 heterocycles. The fourth-order valence-corrected chi connectivity index (χ4v) is 3.29. The van der Waals surface area contributed by atoms with Crippen LogP contribution in [0.5, 0.6) is 34.5 Å². The van der Waals surface area contributed by atoms with E-state index in [0.717, 1.165) is 11.3 Å². The van der Waals surface area contributed by atoms with E-state index in [0.29, 0.717) is 34.5 Å². The third kappa shape index (κ3) is 3.91. The molecule has 2 aromatic rings. The van der Waals surface area contributed by atoms with Crippen LogP contribution in [0.15, 0.2) is 36.7 Å². The van der Waals surface area contributed by atoms with Crippen molar-refractivity contribution in [3.05, 3.63) is 42.2 Å². The van der Waals surface area contributed by atoms with Gasteiger partial charge in [0.05, 0.1) is 48.3 Å². The SMILES string of the molecule is COc1cc(NN2C=CNC2c2cc(OC)c(OC)c(OC)c2)cc(OC)c1OC. The molecular formula is C21H27N3O6. The van der Waals surface area contributed by atoms with Crippen LogP contribution >= 0.6 is 0 Å². The lowest BCUT2D eigenvalue weighted by Gasteiger charge is -2.28. The van der Waals surface area contributed by atoms with Crippen molar-refractivity contribution in [1.82, 2.24) is 10.3 Å². The van der Waals surface area contributed by atoms with Crippen molar-refractivity contribution in [2.75, 3.05) is 48.1 Å². The Hall–Kier alpha value is -3.62. The van der Waals surface area contributed by atoms with Crippen LogP contribution in [0.25, 0.3) is 0 Å². The van der Waals surface area contributed by atoms with Crippen molar-refractivity contribution in [1.29, 1.82) is 0 Å². The minimum atomic E-state index is -0.224. The van der Waals surface area contributed by atoms with Gasteiger partial charge in [0.15, 0.2) is 23.0 Å². The molecule has 9 nitrogen and oxygen atoms in total. The molecule has 1 unspecified atom stereocenters. The Bertz CT molecular complexity index is 868. The standard InChI is InChI=1S/C21H27N3O6/c1-25-15-9-13(10-16(26-2)19(15)29-5)21-22-7-8-24(21)23-14-11-17(27-3)20(30-6)18(12-14)28-4/h7-12,21-23H,1-6H3. The smallest absolute Gasteiger partial charge is 0.203 e. The second kappa shape index (κ2) is 9.25. The van der Waals surface area contributed by atoms with E-state index in [2.05, 4.69) is 10.7 Å². The molecule has 1 aliphatic heterocycles. The Kier molecular flexibility index (Phi) is 6.51. The van der Waals surface area contributed by atoms with E-state index in [1.807, 2.05) is 41.7 Å². The molecule has 2 aromatic carbocycles. The summed E-state index contributed by atoms with van der Waals surface area (Å²) in [7, 11) is 9.49.